The lowest BCUT2D eigenvalue weighted by Crippen LogP contribution is -2.36. The summed E-state index contributed by atoms with van der Waals surface area (Å²) in [6.07, 6.45) is 6.24. The van der Waals surface area contributed by atoms with Gasteiger partial charge in [0.05, 0.1) is 13.4 Å². The number of urea groups is 1. The second kappa shape index (κ2) is 9.43. The van der Waals surface area contributed by atoms with E-state index in [2.05, 4.69) is 27.8 Å². The van der Waals surface area contributed by atoms with Crippen LogP contribution in [0.5, 0.6) is 5.75 Å². The van der Waals surface area contributed by atoms with Crippen LogP contribution in [0.25, 0.3) is 0 Å². The van der Waals surface area contributed by atoms with E-state index in [1.54, 1.807) is 19.6 Å². The van der Waals surface area contributed by atoms with Crippen LogP contribution < -0.4 is 15.4 Å². The molecule has 3 aromatic rings. The number of rotatable bonds is 8. The first-order valence-corrected chi connectivity index (χ1v) is 8.91. The Morgan fingerprint density at radius 1 is 1.07 bits per heavy atom. The summed E-state index contributed by atoms with van der Waals surface area (Å²) in [4.78, 5) is 16.1. The molecule has 1 heterocycles. The summed E-state index contributed by atoms with van der Waals surface area (Å²) in [7, 11) is 1.65. The summed E-state index contributed by atoms with van der Waals surface area (Å²) < 4.78 is 7.22. The Labute approximate surface area is 159 Å². The molecular formula is C21H24N4O2. The van der Waals surface area contributed by atoms with Crippen LogP contribution in [0, 0.1) is 0 Å². The maximum atomic E-state index is 12.0. The third-order valence-electron chi connectivity index (χ3n) is 4.20. The molecule has 0 unspecified atom stereocenters. The SMILES string of the molecule is COc1cccc(CCNC(=O)NCc2cccc(Cn3ccnc3)c2)c1. The van der Waals surface area contributed by atoms with Crippen molar-refractivity contribution in [2.45, 2.75) is 19.5 Å². The zero-order chi connectivity index (χ0) is 18.9. The van der Waals surface area contributed by atoms with E-state index in [0.717, 1.165) is 29.8 Å². The third-order valence-corrected chi connectivity index (χ3v) is 4.20. The van der Waals surface area contributed by atoms with Crippen molar-refractivity contribution in [2.75, 3.05) is 13.7 Å². The first-order valence-electron chi connectivity index (χ1n) is 8.91. The van der Waals surface area contributed by atoms with Gasteiger partial charge in [-0.2, -0.15) is 0 Å². The van der Waals surface area contributed by atoms with Gasteiger partial charge in [0.1, 0.15) is 5.75 Å². The average molecular weight is 364 g/mol. The van der Waals surface area contributed by atoms with Gasteiger partial charge in [0.15, 0.2) is 0 Å². The lowest BCUT2D eigenvalue weighted by Gasteiger charge is -2.10. The van der Waals surface area contributed by atoms with Crippen molar-refractivity contribution in [2.24, 2.45) is 0 Å². The van der Waals surface area contributed by atoms with Gasteiger partial charge < -0.3 is 19.9 Å². The number of hydrogen-bond acceptors (Lipinski definition) is 3. The van der Waals surface area contributed by atoms with Gasteiger partial charge in [-0.25, -0.2) is 9.78 Å². The number of benzene rings is 2. The van der Waals surface area contributed by atoms with Crippen LogP contribution in [0.4, 0.5) is 4.79 Å². The summed E-state index contributed by atoms with van der Waals surface area (Å²) in [6.45, 7) is 1.82. The highest BCUT2D eigenvalue weighted by molar-refractivity contribution is 5.73. The van der Waals surface area contributed by atoms with Crippen LogP contribution in [-0.2, 0) is 19.5 Å². The predicted octanol–water partition coefficient (Wildman–Crippen LogP) is 2.98. The van der Waals surface area contributed by atoms with E-state index in [-0.39, 0.29) is 6.03 Å². The van der Waals surface area contributed by atoms with Gasteiger partial charge in [0, 0.05) is 32.0 Å². The topological polar surface area (TPSA) is 68.2 Å². The van der Waals surface area contributed by atoms with E-state index in [0.29, 0.717) is 13.1 Å². The smallest absolute Gasteiger partial charge is 0.315 e. The number of amides is 2. The number of hydrogen-bond donors (Lipinski definition) is 2. The number of ether oxygens (including phenoxy) is 1. The Bertz CT molecular complexity index is 862. The maximum Gasteiger partial charge on any atom is 0.315 e. The molecular weight excluding hydrogens is 340 g/mol. The second-order valence-corrected chi connectivity index (χ2v) is 6.27. The molecule has 0 spiro atoms. The molecule has 0 atom stereocenters. The number of methoxy groups -OCH3 is 1. The summed E-state index contributed by atoms with van der Waals surface area (Å²) in [6, 6.07) is 15.9. The van der Waals surface area contributed by atoms with Crippen LogP contribution in [0.15, 0.2) is 67.3 Å². The molecule has 6 nitrogen and oxygen atoms in total. The highest BCUT2D eigenvalue weighted by atomic mass is 16.5. The predicted molar refractivity (Wildman–Crippen MR) is 105 cm³/mol. The number of carbonyl (C=O) groups is 1. The van der Waals surface area contributed by atoms with E-state index < -0.39 is 0 Å². The lowest BCUT2D eigenvalue weighted by atomic mass is 10.1. The van der Waals surface area contributed by atoms with Crippen molar-refractivity contribution in [1.29, 1.82) is 0 Å². The molecule has 2 N–H and O–H groups in total. The highest BCUT2D eigenvalue weighted by Crippen LogP contribution is 2.12. The maximum absolute atomic E-state index is 12.0. The minimum atomic E-state index is -0.169. The first-order chi connectivity index (χ1) is 13.2. The quantitative estimate of drug-likeness (QED) is 0.646. The molecule has 1 aromatic heterocycles. The molecule has 6 heteroatoms. The van der Waals surface area contributed by atoms with E-state index in [9.17, 15) is 4.79 Å². The Balaban J connectivity index is 1.42. The van der Waals surface area contributed by atoms with Crippen molar-refractivity contribution in [3.05, 3.63) is 83.9 Å². The zero-order valence-electron chi connectivity index (χ0n) is 15.4. The third kappa shape index (κ3) is 5.88. The Morgan fingerprint density at radius 3 is 2.70 bits per heavy atom. The standard InChI is InChI=1S/C21H24N4O2/c1-27-20-7-3-4-17(13-20)8-9-23-21(26)24-14-18-5-2-6-19(12-18)15-25-11-10-22-16-25/h2-7,10-13,16H,8-9,14-15H2,1H3,(H2,23,24,26). The minimum Gasteiger partial charge on any atom is -0.497 e. The Hall–Kier alpha value is -3.28. The largest absolute Gasteiger partial charge is 0.497 e. The lowest BCUT2D eigenvalue weighted by molar-refractivity contribution is 0.240. The van der Waals surface area contributed by atoms with Gasteiger partial charge in [-0.3, -0.25) is 0 Å². The Kier molecular flexibility index (Phi) is 6.46. The number of nitrogens with one attached hydrogen (secondary N) is 2. The molecule has 140 valence electrons. The molecule has 0 aliphatic rings. The van der Waals surface area contributed by atoms with E-state index in [4.69, 9.17) is 4.74 Å². The zero-order valence-corrected chi connectivity index (χ0v) is 15.4. The number of aromatic nitrogens is 2. The molecule has 0 aliphatic heterocycles. The molecule has 2 amide bonds. The Morgan fingerprint density at radius 2 is 1.89 bits per heavy atom. The van der Waals surface area contributed by atoms with Crippen molar-refractivity contribution < 1.29 is 9.53 Å². The average Bonchev–Trinajstić information content (AvgIpc) is 3.20. The monoisotopic (exact) mass is 364 g/mol. The minimum absolute atomic E-state index is 0.169. The van der Waals surface area contributed by atoms with Crippen LogP contribution in [0.2, 0.25) is 0 Å². The van der Waals surface area contributed by atoms with E-state index >= 15 is 0 Å². The van der Waals surface area contributed by atoms with Gasteiger partial charge in [-0.15, -0.1) is 0 Å². The van der Waals surface area contributed by atoms with Crippen molar-refractivity contribution in [3.8, 4) is 5.75 Å². The molecule has 0 saturated heterocycles. The van der Waals surface area contributed by atoms with Crippen molar-refractivity contribution >= 4 is 6.03 Å². The van der Waals surface area contributed by atoms with Crippen molar-refractivity contribution in [3.63, 3.8) is 0 Å². The van der Waals surface area contributed by atoms with Gasteiger partial charge in [0.25, 0.3) is 0 Å². The first kappa shape index (κ1) is 18.5. The van der Waals surface area contributed by atoms with Gasteiger partial charge in [0.2, 0.25) is 0 Å². The fourth-order valence-corrected chi connectivity index (χ4v) is 2.82. The molecule has 0 saturated carbocycles. The fourth-order valence-electron chi connectivity index (χ4n) is 2.82. The summed E-state index contributed by atoms with van der Waals surface area (Å²) in [5, 5.41) is 5.79. The number of imidazole rings is 1. The molecule has 2 aromatic carbocycles. The van der Waals surface area contributed by atoms with Gasteiger partial charge in [-0.1, -0.05) is 36.4 Å². The van der Waals surface area contributed by atoms with Crippen LogP contribution in [-0.4, -0.2) is 29.2 Å². The number of carbonyl (C=O) groups excluding carboxylic acids is 1. The van der Waals surface area contributed by atoms with Crippen LogP contribution in [0.3, 0.4) is 0 Å². The van der Waals surface area contributed by atoms with E-state index in [1.165, 1.54) is 5.56 Å². The van der Waals surface area contributed by atoms with Crippen LogP contribution in [0.1, 0.15) is 16.7 Å². The molecule has 3 rings (SSSR count). The van der Waals surface area contributed by atoms with Gasteiger partial charge >= 0.3 is 6.03 Å². The summed E-state index contributed by atoms with van der Waals surface area (Å²) in [5.74, 6) is 0.826. The molecule has 0 bridgehead atoms. The second-order valence-electron chi connectivity index (χ2n) is 6.27. The fraction of sp³-hybridized carbons (Fsp3) is 0.238. The molecule has 0 aliphatic carbocycles. The number of nitrogens with zero attached hydrogens (tertiary/aromatic N) is 2. The summed E-state index contributed by atoms with van der Waals surface area (Å²) in [5.41, 5.74) is 3.36. The molecule has 27 heavy (non-hydrogen) atoms. The van der Waals surface area contributed by atoms with Crippen molar-refractivity contribution in [1.82, 2.24) is 20.2 Å². The highest BCUT2D eigenvalue weighted by Gasteiger charge is 2.03. The van der Waals surface area contributed by atoms with Gasteiger partial charge in [-0.05, 0) is 35.2 Å². The summed E-state index contributed by atoms with van der Waals surface area (Å²) >= 11 is 0. The molecule has 0 fully saturated rings. The van der Waals surface area contributed by atoms with E-state index in [1.807, 2.05) is 47.2 Å². The molecule has 0 radical (unpaired) electrons. The normalized spacial score (nSPS) is 10.4. The van der Waals surface area contributed by atoms with Crippen LogP contribution >= 0.6 is 0 Å².